The quantitative estimate of drug-likeness (QED) is 0.520. The Morgan fingerprint density at radius 1 is 1.56 bits per heavy atom. The second kappa shape index (κ2) is 1.84. The number of fused-ring (bicyclic) bond motifs is 1. The summed E-state index contributed by atoms with van der Waals surface area (Å²) in [5, 5.41) is 11.1. The minimum atomic E-state index is 0.804. The molecule has 0 atom stereocenters. The van der Waals surface area contributed by atoms with Gasteiger partial charge in [0.05, 0.1) is 12.2 Å². The molecule has 0 aliphatic carbocycles. The summed E-state index contributed by atoms with van der Waals surface area (Å²) in [6.45, 7) is 1.77. The predicted octanol–water partition coefficient (Wildman–Crippen LogP) is 0.0702. The molecule has 1 radical (unpaired) electrons. The van der Waals surface area contributed by atoms with Crippen LogP contribution >= 0.6 is 0 Å². The van der Waals surface area contributed by atoms with Crippen LogP contribution in [0.15, 0.2) is 6.20 Å². The summed E-state index contributed by atoms with van der Waals surface area (Å²) < 4.78 is 0. The van der Waals surface area contributed by atoms with Gasteiger partial charge in [-0.3, -0.25) is 5.10 Å². The van der Waals surface area contributed by atoms with Crippen LogP contribution in [0.25, 0.3) is 0 Å². The summed E-state index contributed by atoms with van der Waals surface area (Å²) in [7, 11) is 0. The molecule has 1 aromatic heterocycles. The van der Waals surface area contributed by atoms with Crippen LogP contribution in [0.3, 0.4) is 0 Å². The van der Waals surface area contributed by atoms with E-state index in [-0.39, 0.29) is 0 Å². The average Bonchev–Trinajstić information content (AvgIpc) is 2.33. The number of aromatic amines is 1. The van der Waals surface area contributed by atoms with Crippen LogP contribution < -0.4 is 5.32 Å². The molecule has 0 aromatic carbocycles. The summed E-state index contributed by atoms with van der Waals surface area (Å²) in [5.41, 5.74) is 2.46. The molecule has 0 bridgehead atoms. The molecule has 0 unspecified atom stereocenters. The first kappa shape index (κ1) is 4.99. The van der Waals surface area contributed by atoms with E-state index in [1.807, 2.05) is 6.20 Å². The molecule has 2 heterocycles. The van der Waals surface area contributed by atoms with Crippen LogP contribution in [0.5, 0.6) is 0 Å². The smallest absolute Gasteiger partial charge is 0.0809 e. The Balaban J connectivity index is 2.39. The topological polar surface area (TPSA) is 42.8 Å². The lowest BCUT2D eigenvalue weighted by Gasteiger charge is -2.07. The second-order valence-corrected chi connectivity index (χ2v) is 2.21. The molecule has 9 heavy (non-hydrogen) atoms. The third-order valence-electron chi connectivity index (χ3n) is 1.61. The normalized spacial score (nSPS) is 17.3. The lowest BCUT2D eigenvalue weighted by molar-refractivity contribution is 0.619. The molecule has 1 aromatic rings. The molecule has 1 N–H and O–H groups in total. The standard InChI is InChI=1S/C6H8N3/c1-2-7-4-6-5(1)3-8-9-6/h3H,1-2,4H2,(H,8,9). The molecule has 0 saturated carbocycles. The zero-order valence-electron chi connectivity index (χ0n) is 5.09. The van der Waals surface area contributed by atoms with Gasteiger partial charge in [-0.25, -0.2) is 5.32 Å². The van der Waals surface area contributed by atoms with Crippen LogP contribution in [0, 0.1) is 0 Å². The molecular formula is C6H8N3. The Morgan fingerprint density at radius 2 is 2.56 bits per heavy atom. The summed E-state index contributed by atoms with van der Waals surface area (Å²) in [4.78, 5) is 0. The fourth-order valence-electron chi connectivity index (χ4n) is 1.08. The van der Waals surface area contributed by atoms with Gasteiger partial charge in [0.15, 0.2) is 0 Å². The third-order valence-corrected chi connectivity index (χ3v) is 1.61. The fourth-order valence-corrected chi connectivity index (χ4v) is 1.08. The van der Waals surface area contributed by atoms with E-state index < -0.39 is 0 Å². The first-order chi connectivity index (χ1) is 4.47. The van der Waals surface area contributed by atoms with E-state index in [4.69, 9.17) is 0 Å². The third kappa shape index (κ3) is 0.733. The Hall–Kier alpha value is -0.830. The van der Waals surface area contributed by atoms with Gasteiger partial charge in [0, 0.05) is 12.7 Å². The molecule has 0 amide bonds. The van der Waals surface area contributed by atoms with Crippen molar-refractivity contribution in [1.29, 1.82) is 0 Å². The number of hydrogen-bond acceptors (Lipinski definition) is 1. The lowest BCUT2D eigenvalue weighted by Crippen LogP contribution is -2.16. The minimum absolute atomic E-state index is 0.804. The van der Waals surface area contributed by atoms with E-state index in [0.717, 1.165) is 25.2 Å². The van der Waals surface area contributed by atoms with Gasteiger partial charge in [0.1, 0.15) is 0 Å². The summed E-state index contributed by atoms with van der Waals surface area (Å²) >= 11 is 0. The van der Waals surface area contributed by atoms with Gasteiger partial charge >= 0.3 is 0 Å². The summed E-state index contributed by atoms with van der Waals surface area (Å²) in [5.74, 6) is 0. The van der Waals surface area contributed by atoms with Crippen molar-refractivity contribution in [3.05, 3.63) is 17.5 Å². The molecule has 0 spiro atoms. The van der Waals surface area contributed by atoms with Crippen LogP contribution in [0.2, 0.25) is 0 Å². The molecule has 3 heteroatoms. The van der Waals surface area contributed by atoms with Crippen molar-refractivity contribution in [3.63, 3.8) is 0 Å². The number of hydrogen-bond donors (Lipinski definition) is 1. The van der Waals surface area contributed by atoms with Crippen molar-refractivity contribution in [2.75, 3.05) is 6.54 Å². The zero-order valence-corrected chi connectivity index (χ0v) is 5.09. The molecule has 2 rings (SSSR count). The van der Waals surface area contributed by atoms with Crippen LogP contribution in [0.1, 0.15) is 11.3 Å². The minimum Gasteiger partial charge on any atom is -0.285 e. The Kier molecular flexibility index (Phi) is 1.02. The highest BCUT2D eigenvalue weighted by molar-refractivity contribution is 5.18. The maximum Gasteiger partial charge on any atom is 0.0809 e. The molecular weight excluding hydrogens is 114 g/mol. The Morgan fingerprint density at radius 3 is 3.44 bits per heavy atom. The number of aromatic nitrogens is 2. The molecule has 0 saturated heterocycles. The first-order valence-corrected chi connectivity index (χ1v) is 3.11. The monoisotopic (exact) mass is 122 g/mol. The molecule has 3 nitrogen and oxygen atoms in total. The molecule has 47 valence electrons. The van der Waals surface area contributed by atoms with Crippen molar-refractivity contribution in [3.8, 4) is 0 Å². The van der Waals surface area contributed by atoms with Crippen molar-refractivity contribution in [2.24, 2.45) is 0 Å². The highest BCUT2D eigenvalue weighted by atomic mass is 15.1. The Labute approximate surface area is 53.5 Å². The highest BCUT2D eigenvalue weighted by Gasteiger charge is 2.09. The van der Waals surface area contributed by atoms with Gasteiger partial charge in [0.2, 0.25) is 0 Å². The highest BCUT2D eigenvalue weighted by Crippen LogP contribution is 2.08. The number of H-pyrrole nitrogens is 1. The van der Waals surface area contributed by atoms with Crippen molar-refractivity contribution in [1.82, 2.24) is 15.5 Å². The van der Waals surface area contributed by atoms with Gasteiger partial charge in [0.25, 0.3) is 0 Å². The summed E-state index contributed by atoms with van der Waals surface area (Å²) in [6, 6.07) is 0. The van der Waals surface area contributed by atoms with E-state index in [1.54, 1.807) is 0 Å². The van der Waals surface area contributed by atoms with Crippen molar-refractivity contribution < 1.29 is 0 Å². The van der Waals surface area contributed by atoms with E-state index in [9.17, 15) is 0 Å². The zero-order chi connectivity index (χ0) is 6.10. The largest absolute Gasteiger partial charge is 0.285 e. The van der Waals surface area contributed by atoms with E-state index in [1.165, 1.54) is 5.56 Å². The van der Waals surface area contributed by atoms with E-state index in [0.29, 0.717) is 0 Å². The summed E-state index contributed by atoms with van der Waals surface area (Å²) in [6.07, 6.45) is 3.02. The van der Waals surface area contributed by atoms with Gasteiger partial charge in [-0.1, -0.05) is 0 Å². The van der Waals surface area contributed by atoms with Gasteiger partial charge < -0.3 is 0 Å². The van der Waals surface area contributed by atoms with Crippen molar-refractivity contribution >= 4 is 0 Å². The SMILES string of the molecule is c1[nH]nc2c1CC[N]C2. The van der Waals surface area contributed by atoms with Crippen LogP contribution in [-0.2, 0) is 13.0 Å². The maximum atomic E-state index is 4.21. The van der Waals surface area contributed by atoms with E-state index >= 15 is 0 Å². The predicted molar refractivity (Wildman–Crippen MR) is 33.0 cm³/mol. The van der Waals surface area contributed by atoms with Gasteiger partial charge in [-0.2, -0.15) is 5.10 Å². The first-order valence-electron chi connectivity index (χ1n) is 3.11. The Bertz CT molecular complexity index is 183. The van der Waals surface area contributed by atoms with Crippen LogP contribution in [-0.4, -0.2) is 16.7 Å². The number of nitrogens with one attached hydrogen (secondary N) is 1. The number of rotatable bonds is 0. The van der Waals surface area contributed by atoms with E-state index in [2.05, 4.69) is 15.5 Å². The van der Waals surface area contributed by atoms with Gasteiger partial charge in [-0.15, -0.1) is 0 Å². The average molecular weight is 122 g/mol. The fraction of sp³-hybridized carbons (Fsp3) is 0.500. The second-order valence-electron chi connectivity index (χ2n) is 2.21. The lowest BCUT2D eigenvalue weighted by atomic mass is 10.1. The maximum absolute atomic E-state index is 4.21. The van der Waals surface area contributed by atoms with Crippen molar-refractivity contribution in [2.45, 2.75) is 13.0 Å². The van der Waals surface area contributed by atoms with Crippen LogP contribution in [0.4, 0.5) is 0 Å². The van der Waals surface area contributed by atoms with Gasteiger partial charge in [-0.05, 0) is 12.0 Å². The molecule has 1 aliphatic rings. The molecule has 1 aliphatic heterocycles. The number of nitrogens with zero attached hydrogens (tertiary/aromatic N) is 2. The molecule has 0 fully saturated rings.